The van der Waals surface area contributed by atoms with E-state index in [9.17, 15) is 17.2 Å². The van der Waals surface area contributed by atoms with Crippen LogP contribution in [0.2, 0.25) is 0 Å². The first-order valence-corrected chi connectivity index (χ1v) is 8.21. The van der Waals surface area contributed by atoms with Crippen molar-refractivity contribution in [3.8, 4) is 0 Å². The Labute approximate surface area is 136 Å². The lowest BCUT2D eigenvalue weighted by molar-refractivity contribution is 0.155. The van der Waals surface area contributed by atoms with Crippen LogP contribution in [0.4, 0.5) is 8.78 Å². The molecule has 1 unspecified atom stereocenters. The normalized spacial score (nSPS) is 22.2. The van der Waals surface area contributed by atoms with E-state index in [1.54, 1.807) is 0 Å². The van der Waals surface area contributed by atoms with Crippen LogP contribution in [0.25, 0.3) is 0 Å². The molecule has 126 valence electrons. The Bertz CT molecular complexity index is 665. The van der Waals surface area contributed by atoms with E-state index in [1.807, 2.05) is 13.8 Å². The van der Waals surface area contributed by atoms with Crippen LogP contribution in [0.15, 0.2) is 17.0 Å². The number of halogens is 3. The SMILES string of the molecule is Cc1cc(S(=O)(=O)N2CCC(N)C(C)(C)C2)c(F)cc1F.Cl. The smallest absolute Gasteiger partial charge is 0.246 e. The van der Waals surface area contributed by atoms with Crippen molar-refractivity contribution in [2.75, 3.05) is 13.1 Å². The summed E-state index contributed by atoms with van der Waals surface area (Å²) in [6.45, 7) is 5.62. The highest BCUT2D eigenvalue weighted by atomic mass is 35.5. The molecule has 1 atom stereocenters. The summed E-state index contributed by atoms with van der Waals surface area (Å²) >= 11 is 0. The lowest BCUT2D eigenvalue weighted by Crippen LogP contribution is -2.53. The van der Waals surface area contributed by atoms with Gasteiger partial charge in [0.05, 0.1) is 0 Å². The molecule has 0 bridgehead atoms. The Morgan fingerprint density at radius 2 is 1.86 bits per heavy atom. The highest BCUT2D eigenvalue weighted by Crippen LogP contribution is 2.32. The minimum absolute atomic E-state index is 0. The van der Waals surface area contributed by atoms with Crippen molar-refractivity contribution in [1.29, 1.82) is 0 Å². The molecule has 2 N–H and O–H groups in total. The van der Waals surface area contributed by atoms with Crippen molar-refractivity contribution >= 4 is 22.4 Å². The van der Waals surface area contributed by atoms with Crippen LogP contribution in [0.3, 0.4) is 0 Å². The molecule has 0 spiro atoms. The quantitative estimate of drug-likeness (QED) is 0.887. The molecule has 8 heteroatoms. The third kappa shape index (κ3) is 3.42. The molecule has 0 saturated carbocycles. The molecule has 1 aromatic rings. The minimum atomic E-state index is -3.99. The topological polar surface area (TPSA) is 63.4 Å². The van der Waals surface area contributed by atoms with Gasteiger partial charge in [0.15, 0.2) is 0 Å². The molecule has 1 heterocycles. The van der Waals surface area contributed by atoms with E-state index in [4.69, 9.17) is 5.73 Å². The Morgan fingerprint density at radius 3 is 2.41 bits per heavy atom. The van der Waals surface area contributed by atoms with Gasteiger partial charge < -0.3 is 5.73 Å². The average molecular weight is 355 g/mol. The van der Waals surface area contributed by atoms with Gasteiger partial charge in [-0.3, -0.25) is 0 Å². The molecule has 1 aliphatic heterocycles. The molecule has 1 fully saturated rings. The zero-order valence-corrected chi connectivity index (χ0v) is 14.4. The molecule has 4 nitrogen and oxygen atoms in total. The fourth-order valence-electron chi connectivity index (χ4n) is 2.50. The molecule has 0 amide bonds. The average Bonchev–Trinajstić information content (AvgIpc) is 2.36. The predicted octanol–water partition coefficient (Wildman–Crippen LogP) is 2.44. The van der Waals surface area contributed by atoms with E-state index < -0.39 is 32.0 Å². The van der Waals surface area contributed by atoms with Gasteiger partial charge >= 0.3 is 0 Å². The fraction of sp³-hybridized carbons (Fsp3) is 0.571. The summed E-state index contributed by atoms with van der Waals surface area (Å²) < 4.78 is 53.6. The van der Waals surface area contributed by atoms with Crippen LogP contribution in [0, 0.1) is 24.0 Å². The predicted molar refractivity (Wildman–Crippen MR) is 83.5 cm³/mol. The highest BCUT2D eigenvalue weighted by molar-refractivity contribution is 7.89. The number of benzene rings is 1. The Morgan fingerprint density at radius 1 is 1.27 bits per heavy atom. The van der Waals surface area contributed by atoms with Gasteiger partial charge in [0.1, 0.15) is 16.5 Å². The van der Waals surface area contributed by atoms with Crippen LogP contribution in [0.1, 0.15) is 25.8 Å². The third-order valence-corrected chi connectivity index (χ3v) is 5.97. The Kier molecular flexibility index (Phi) is 5.60. The number of hydrogen-bond donors (Lipinski definition) is 1. The lowest BCUT2D eigenvalue weighted by atomic mass is 9.81. The molecular weight excluding hydrogens is 334 g/mol. The largest absolute Gasteiger partial charge is 0.327 e. The number of piperidine rings is 1. The second kappa shape index (κ2) is 6.39. The molecule has 1 aromatic carbocycles. The second-order valence-corrected chi connectivity index (χ2v) is 8.16. The van der Waals surface area contributed by atoms with Crippen LogP contribution in [0.5, 0.6) is 0 Å². The monoisotopic (exact) mass is 354 g/mol. The number of aryl methyl sites for hydroxylation is 1. The number of rotatable bonds is 2. The van der Waals surface area contributed by atoms with Crippen LogP contribution in [-0.4, -0.2) is 31.9 Å². The molecule has 22 heavy (non-hydrogen) atoms. The summed E-state index contributed by atoms with van der Waals surface area (Å²) in [5.74, 6) is -1.82. The molecule has 0 radical (unpaired) electrons. The summed E-state index contributed by atoms with van der Waals surface area (Å²) in [5, 5.41) is 0. The van der Waals surface area contributed by atoms with Gasteiger partial charge in [0, 0.05) is 25.2 Å². The number of nitrogens with zero attached hydrogens (tertiary/aromatic N) is 1. The van der Waals surface area contributed by atoms with Crippen molar-refractivity contribution < 1.29 is 17.2 Å². The maximum atomic E-state index is 13.9. The van der Waals surface area contributed by atoms with Crippen molar-refractivity contribution in [3.05, 3.63) is 29.3 Å². The van der Waals surface area contributed by atoms with Gasteiger partial charge in [-0.05, 0) is 30.4 Å². The molecule has 2 rings (SSSR count). The standard InChI is InChI=1S/C14H20F2N2O2S.ClH/c1-9-6-12(11(16)7-10(9)15)21(19,20)18-5-4-13(17)14(2,3)8-18;/h6-7,13H,4-5,8,17H2,1-3H3;1H. The van der Waals surface area contributed by atoms with E-state index in [2.05, 4.69) is 0 Å². The van der Waals surface area contributed by atoms with Crippen LogP contribution in [-0.2, 0) is 10.0 Å². The first-order valence-electron chi connectivity index (χ1n) is 6.77. The first kappa shape index (κ1) is 19.3. The third-order valence-electron chi connectivity index (χ3n) is 4.11. The van der Waals surface area contributed by atoms with Crippen molar-refractivity contribution in [1.82, 2.24) is 4.31 Å². The van der Waals surface area contributed by atoms with Crippen molar-refractivity contribution in [2.45, 2.75) is 38.1 Å². The van der Waals surface area contributed by atoms with Crippen LogP contribution < -0.4 is 5.73 Å². The summed E-state index contributed by atoms with van der Waals surface area (Å²) in [7, 11) is -3.99. The number of hydrogen-bond acceptors (Lipinski definition) is 3. The lowest BCUT2D eigenvalue weighted by Gasteiger charge is -2.41. The van der Waals surface area contributed by atoms with Gasteiger partial charge in [-0.2, -0.15) is 4.31 Å². The minimum Gasteiger partial charge on any atom is -0.327 e. The molecular formula is C14H21ClF2N2O2S. The fourth-order valence-corrected chi connectivity index (χ4v) is 4.26. The zero-order chi connectivity index (χ0) is 16.0. The number of nitrogens with two attached hydrogens (primary N) is 1. The Balaban J connectivity index is 0.00000242. The Hall–Kier alpha value is -0.760. The van der Waals surface area contributed by atoms with Gasteiger partial charge in [0.2, 0.25) is 10.0 Å². The van der Waals surface area contributed by atoms with E-state index >= 15 is 0 Å². The summed E-state index contributed by atoms with van der Waals surface area (Å²) in [5.41, 5.74) is 5.69. The van der Waals surface area contributed by atoms with Crippen molar-refractivity contribution in [3.63, 3.8) is 0 Å². The zero-order valence-electron chi connectivity index (χ0n) is 12.8. The molecule has 0 aromatic heterocycles. The van der Waals surface area contributed by atoms with Gasteiger partial charge in [-0.25, -0.2) is 17.2 Å². The van der Waals surface area contributed by atoms with E-state index in [0.29, 0.717) is 12.5 Å². The first-order chi connectivity index (χ1) is 9.55. The van der Waals surface area contributed by atoms with Crippen molar-refractivity contribution in [2.24, 2.45) is 11.1 Å². The van der Waals surface area contributed by atoms with Gasteiger partial charge in [0.25, 0.3) is 0 Å². The van der Waals surface area contributed by atoms with Gasteiger partial charge in [-0.1, -0.05) is 13.8 Å². The summed E-state index contributed by atoms with van der Waals surface area (Å²) in [6.07, 6.45) is 0.508. The van der Waals surface area contributed by atoms with Gasteiger partial charge in [-0.15, -0.1) is 12.4 Å². The van der Waals surface area contributed by atoms with E-state index in [-0.39, 0.29) is 37.1 Å². The maximum absolute atomic E-state index is 13.9. The highest BCUT2D eigenvalue weighted by Gasteiger charge is 2.39. The summed E-state index contributed by atoms with van der Waals surface area (Å²) in [6, 6.07) is 1.55. The number of sulfonamides is 1. The molecule has 1 aliphatic rings. The summed E-state index contributed by atoms with van der Waals surface area (Å²) in [4.78, 5) is -0.479. The van der Waals surface area contributed by atoms with E-state index in [0.717, 1.165) is 6.07 Å². The van der Waals surface area contributed by atoms with E-state index in [1.165, 1.54) is 11.2 Å². The van der Waals surface area contributed by atoms with Crippen LogP contribution >= 0.6 is 12.4 Å². The molecule has 0 aliphatic carbocycles. The second-order valence-electron chi connectivity index (χ2n) is 6.25. The maximum Gasteiger partial charge on any atom is 0.246 e. The molecule has 1 saturated heterocycles.